The van der Waals surface area contributed by atoms with Crippen LogP contribution in [0.2, 0.25) is 0 Å². The number of aliphatic hydroxyl groups is 1. The van der Waals surface area contributed by atoms with Gasteiger partial charge >= 0.3 is 0 Å². The van der Waals surface area contributed by atoms with E-state index in [0.29, 0.717) is 11.2 Å². The van der Waals surface area contributed by atoms with Crippen molar-refractivity contribution < 1.29 is 5.11 Å². The SMILES string of the molecule is CCC1C(O)CNCCC1S. The van der Waals surface area contributed by atoms with Crippen LogP contribution in [0.3, 0.4) is 0 Å². The maximum atomic E-state index is 9.61. The van der Waals surface area contributed by atoms with E-state index in [-0.39, 0.29) is 6.10 Å². The summed E-state index contributed by atoms with van der Waals surface area (Å²) in [7, 11) is 0. The summed E-state index contributed by atoms with van der Waals surface area (Å²) in [5.41, 5.74) is 0. The minimum atomic E-state index is -0.204. The highest BCUT2D eigenvalue weighted by molar-refractivity contribution is 7.81. The third-order valence-corrected chi connectivity index (χ3v) is 3.07. The van der Waals surface area contributed by atoms with Crippen molar-refractivity contribution in [1.29, 1.82) is 0 Å². The van der Waals surface area contributed by atoms with Crippen LogP contribution in [0.15, 0.2) is 0 Å². The summed E-state index contributed by atoms with van der Waals surface area (Å²) in [6, 6.07) is 0. The van der Waals surface area contributed by atoms with Crippen molar-refractivity contribution in [2.75, 3.05) is 13.1 Å². The maximum absolute atomic E-state index is 9.61. The summed E-state index contributed by atoms with van der Waals surface area (Å²) in [6.45, 7) is 3.83. The minimum Gasteiger partial charge on any atom is -0.391 e. The predicted molar refractivity (Wildman–Crippen MR) is 50.0 cm³/mol. The summed E-state index contributed by atoms with van der Waals surface area (Å²) in [5.74, 6) is 0.369. The lowest BCUT2D eigenvalue weighted by Gasteiger charge is -2.22. The molecular formula is C8H17NOS. The van der Waals surface area contributed by atoms with Gasteiger partial charge in [-0.25, -0.2) is 0 Å². The van der Waals surface area contributed by atoms with E-state index in [0.717, 1.165) is 25.9 Å². The summed E-state index contributed by atoms with van der Waals surface area (Å²) < 4.78 is 0. The van der Waals surface area contributed by atoms with Gasteiger partial charge < -0.3 is 10.4 Å². The van der Waals surface area contributed by atoms with Crippen molar-refractivity contribution in [3.8, 4) is 0 Å². The molecule has 1 heterocycles. The highest BCUT2D eigenvalue weighted by atomic mass is 32.1. The topological polar surface area (TPSA) is 32.3 Å². The zero-order chi connectivity index (χ0) is 8.27. The molecule has 1 aliphatic rings. The van der Waals surface area contributed by atoms with Crippen molar-refractivity contribution in [3.05, 3.63) is 0 Å². The van der Waals surface area contributed by atoms with E-state index in [1.807, 2.05) is 0 Å². The zero-order valence-corrected chi connectivity index (χ0v) is 7.85. The van der Waals surface area contributed by atoms with Gasteiger partial charge in [-0.2, -0.15) is 12.6 Å². The third-order valence-electron chi connectivity index (χ3n) is 2.43. The Labute approximate surface area is 73.8 Å². The first-order valence-corrected chi connectivity index (χ1v) is 4.84. The Balaban J connectivity index is 2.51. The Morgan fingerprint density at radius 2 is 2.36 bits per heavy atom. The van der Waals surface area contributed by atoms with Gasteiger partial charge in [0.1, 0.15) is 0 Å². The molecule has 1 saturated heterocycles. The van der Waals surface area contributed by atoms with Crippen LogP contribution < -0.4 is 5.32 Å². The van der Waals surface area contributed by atoms with Gasteiger partial charge in [-0.05, 0) is 25.3 Å². The second kappa shape index (κ2) is 4.33. The largest absolute Gasteiger partial charge is 0.391 e. The molecule has 0 radical (unpaired) electrons. The molecule has 0 aromatic carbocycles. The van der Waals surface area contributed by atoms with Crippen LogP contribution in [0.4, 0.5) is 0 Å². The molecule has 0 aromatic heterocycles. The number of nitrogens with one attached hydrogen (secondary N) is 1. The predicted octanol–water partition coefficient (Wildman–Crippen LogP) is 0.665. The quantitative estimate of drug-likeness (QED) is 0.512. The van der Waals surface area contributed by atoms with Gasteiger partial charge in [0, 0.05) is 11.8 Å². The van der Waals surface area contributed by atoms with Crippen molar-refractivity contribution >= 4 is 12.6 Å². The Kier molecular flexibility index (Phi) is 3.69. The summed E-state index contributed by atoms with van der Waals surface area (Å²) in [5, 5.41) is 13.2. The summed E-state index contributed by atoms with van der Waals surface area (Å²) >= 11 is 4.46. The maximum Gasteiger partial charge on any atom is 0.0703 e. The first-order chi connectivity index (χ1) is 5.25. The van der Waals surface area contributed by atoms with Gasteiger partial charge in [0.2, 0.25) is 0 Å². The Hall–Kier alpha value is 0.270. The van der Waals surface area contributed by atoms with Gasteiger partial charge in [0.05, 0.1) is 6.10 Å². The normalized spacial score (nSPS) is 40.1. The van der Waals surface area contributed by atoms with Crippen LogP contribution in [0.5, 0.6) is 0 Å². The minimum absolute atomic E-state index is 0.204. The Morgan fingerprint density at radius 3 is 3.00 bits per heavy atom. The van der Waals surface area contributed by atoms with Crippen molar-refractivity contribution in [3.63, 3.8) is 0 Å². The average Bonchev–Trinajstić information content (AvgIpc) is 2.12. The lowest BCUT2D eigenvalue weighted by molar-refractivity contribution is 0.112. The molecule has 0 saturated carbocycles. The summed E-state index contributed by atoms with van der Waals surface area (Å²) in [6.07, 6.45) is 1.89. The third kappa shape index (κ3) is 2.36. The van der Waals surface area contributed by atoms with Crippen LogP contribution >= 0.6 is 12.6 Å². The summed E-state index contributed by atoms with van der Waals surface area (Å²) in [4.78, 5) is 0. The number of hydrogen-bond acceptors (Lipinski definition) is 3. The molecule has 3 heteroatoms. The Morgan fingerprint density at radius 1 is 1.64 bits per heavy atom. The van der Waals surface area contributed by atoms with Crippen LogP contribution in [0.25, 0.3) is 0 Å². The smallest absolute Gasteiger partial charge is 0.0703 e. The zero-order valence-electron chi connectivity index (χ0n) is 6.95. The van der Waals surface area contributed by atoms with E-state index in [2.05, 4.69) is 24.9 Å². The first kappa shape index (κ1) is 9.36. The second-order valence-electron chi connectivity index (χ2n) is 3.20. The van der Waals surface area contributed by atoms with Crippen LogP contribution in [0, 0.1) is 5.92 Å². The van der Waals surface area contributed by atoms with Crippen LogP contribution in [0.1, 0.15) is 19.8 Å². The van der Waals surface area contributed by atoms with E-state index in [9.17, 15) is 5.11 Å². The number of aliphatic hydroxyl groups excluding tert-OH is 1. The number of thiol groups is 1. The van der Waals surface area contributed by atoms with Gasteiger partial charge in [-0.1, -0.05) is 6.92 Å². The van der Waals surface area contributed by atoms with E-state index in [1.165, 1.54) is 0 Å². The molecule has 1 rings (SSSR count). The standard InChI is InChI=1S/C8H17NOS/c1-2-6-7(10)5-9-4-3-8(6)11/h6-11H,2-5H2,1H3. The molecule has 1 aliphatic heterocycles. The van der Waals surface area contributed by atoms with Gasteiger partial charge in [-0.15, -0.1) is 0 Å². The highest BCUT2D eigenvalue weighted by Crippen LogP contribution is 2.22. The van der Waals surface area contributed by atoms with Crippen LogP contribution in [-0.2, 0) is 0 Å². The van der Waals surface area contributed by atoms with E-state index < -0.39 is 0 Å². The molecule has 66 valence electrons. The Bertz CT molecular complexity index is 109. The number of rotatable bonds is 1. The van der Waals surface area contributed by atoms with Crippen LogP contribution in [-0.4, -0.2) is 29.5 Å². The van der Waals surface area contributed by atoms with Gasteiger partial charge in [0.25, 0.3) is 0 Å². The van der Waals surface area contributed by atoms with Gasteiger partial charge in [0.15, 0.2) is 0 Å². The lowest BCUT2D eigenvalue weighted by atomic mass is 9.95. The molecule has 0 aromatic rings. The molecule has 2 nitrogen and oxygen atoms in total. The van der Waals surface area contributed by atoms with E-state index in [4.69, 9.17) is 0 Å². The molecule has 3 unspecified atom stereocenters. The average molecular weight is 175 g/mol. The van der Waals surface area contributed by atoms with Gasteiger partial charge in [-0.3, -0.25) is 0 Å². The number of hydrogen-bond donors (Lipinski definition) is 3. The van der Waals surface area contributed by atoms with Crippen molar-refractivity contribution in [2.24, 2.45) is 5.92 Å². The molecule has 1 fully saturated rings. The van der Waals surface area contributed by atoms with Crippen molar-refractivity contribution in [2.45, 2.75) is 31.1 Å². The first-order valence-electron chi connectivity index (χ1n) is 4.32. The highest BCUT2D eigenvalue weighted by Gasteiger charge is 2.26. The fraction of sp³-hybridized carbons (Fsp3) is 1.00. The number of β-amino-alcohol motifs (C(OH)–C–C–N with tert-alkyl or cyclic N) is 1. The molecular weight excluding hydrogens is 158 g/mol. The molecule has 11 heavy (non-hydrogen) atoms. The lowest BCUT2D eigenvalue weighted by Crippen LogP contribution is -2.31. The molecule has 2 N–H and O–H groups in total. The monoisotopic (exact) mass is 175 g/mol. The fourth-order valence-corrected chi connectivity index (χ4v) is 2.20. The second-order valence-corrected chi connectivity index (χ2v) is 3.86. The molecule has 0 bridgehead atoms. The van der Waals surface area contributed by atoms with E-state index in [1.54, 1.807) is 0 Å². The molecule has 0 aliphatic carbocycles. The fourth-order valence-electron chi connectivity index (χ4n) is 1.67. The molecule has 0 spiro atoms. The molecule has 3 atom stereocenters. The van der Waals surface area contributed by atoms with Crippen molar-refractivity contribution in [1.82, 2.24) is 5.32 Å². The van der Waals surface area contributed by atoms with E-state index >= 15 is 0 Å². The molecule has 0 amide bonds.